The van der Waals surface area contributed by atoms with Gasteiger partial charge in [0.05, 0.1) is 25.9 Å². The monoisotopic (exact) mass is 388 g/mol. The van der Waals surface area contributed by atoms with Crippen LogP contribution in [0.15, 0.2) is 29.3 Å². The molecule has 1 aromatic carbocycles. The quantitative estimate of drug-likeness (QED) is 0.623. The Labute approximate surface area is 167 Å². The van der Waals surface area contributed by atoms with E-state index in [1.807, 2.05) is 7.05 Å². The molecule has 1 aromatic rings. The molecule has 0 aromatic heterocycles. The maximum Gasteiger partial charge on any atom is 0.194 e. The standard InChI is InChI=1S/C21H32N4O3/c1-22-21(25-10-14-28-20(16-25)19-3-2-11-27-19)23-15-17-4-6-18(7-5-17)24-8-12-26-13-9-24/h4-7,19-20H,2-3,8-16H2,1H3,(H,22,23). The van der Waals surface area contributed by atoms with Gasteiger partial charge < -0.3 is 29.3 Å². The predicted octanol–water partition coefficient (Wildman–Crippen LogP) is 1.48. The zero-order valence-electron chi connectivity index (χ0n) is 16.8. The van der Waals surface area contributed by atoms with Crippen molar-refractivity contribution in [1.29, 1.82) is 0 Å². The van der Waals surface area contributed by atoms with Crippen LogP contribution < -0.4 is 10.2 Å². The van der Waals surface area contributed by atoms with Crippen molar-refractivity contribution in [3.8, 4) is 0 Å². The average molecular weight is 389 g/mol. The molecule has 0 saturated carbocycles. The minimum Gasteiger partial charge on any atom is -0.378 e. The van der Waals surface area contributed by atoms with E-state index in [4.69, 9.17) is 14.2 Å². The van der Waals surface area contributed by atoms with Crippen molar-refractivity contribution in [1.82, 2.24) is 10.2 Å². The van der Waals surface area contributed by atoms with Crippen molar-refractivity contribution in [3.63, 3.8) is 0 Å². The lowest BCUT2D eigenvalue weighted by molar-refractivity contribution is -0.0817. The fourth-order valence-corrected chi connectivity index (χ4v) is 4.15. The van der Waals surface area contributed by atoms with Gasteiger partial charge in [0.1, 0.15) is 6.10 Å². The Bertz CT molecular complexity index is 640. The molecule has 0 amide bonds. The van der Waals surface area contributed by atoms with Crippen molar-refractivity contribution in [2.45, 2.75) is 31.6 Å². The van der Waals surface area contributed by atoms with Gasteiger partial charge in [-0.3, -0.25) is 4.99 Å². The maximum absolute atomic E-state index is 5.96. The van der Waals surface area contributed by atoms with Crippen LogP contribution in [0.4, 0.5) is 5.69 Å². The lowest BCUT2D eigenvalue weighted by Gasteiger charge is -2.37. The molecule has 7 nitrogen and oxygen atoms in total. The molecular formula is C21H32N4O3. The summed E-state index contributed by atoms with van der Waals surface area (Å²) in [5.74, 6) is 0.934. The number of nitrogens with zero attached hydrogens (tertiary/aromatic N) is 3. The summed E-state index contributed by atoms with van der Waals surface area (Å²) >= 11 is 0. The number of morpholine rings is 2. The summed E-state index contributed by atoms with van der Waals surface area (Å²) in [6, 6.07) is 8.79. The van der Waals surface area contributed by atoms with Crippen LogP contribution in [0.3, 0.4) is 0 Å². The van der Waals surface area contributed by atoms with Crippen molar-refractivity contribution in [3.05, 3.63) is 29.8 Å². The summed E-state index contributed by atoms with van der Waals surface area (Å²) < 4.78 is 17.2. The molecule has 154 valence electrons. The lowest BCUT2D eigenvalue weighted by Crippen LogP contribution is -2.53. The van der Waals surface area contributed by atoms with Crippen molar-refractivity contribution in [2.24, 2.45) is 4.99 Å². The molecular weight excluding hydrogens is 356 g/mol. The molecule has 3 heterocycles. The van der Waals surface area contributed by atoms with Gasteiger partial charge in [0.2, 0.25) is 0 Å². The summed E-state index contributed by atoms with van der Waals surface area (Å²) in [7, 11) is 1.85. The number of anilines is 1. The van der Waals surface area contributed by atoms with Crippen molar-refractivity contribution >= 4 is 11.6 Å². The number of guanidine groups is 1. The summed E-state index contributed by atoms with van der Waals surface area (Å²) in [6.07, 6.45) is 2.61. The third-order valence-corrected chi connectivity index (χ3v) is 5.75. The fraction of sp³-hybridized carbons (Fsp3) is 0.667. The average Bonchev–Trinajstić information content (AvgIpc) is 3.31. The summed E-state index contributed by atoms with van der Waals surface area (Å²) in [6.45, 7) is 7.59. The molecule has 2 unspecified atom stereocenters. The number of ether oxygens (including phenoxy) is 3. The summed E-state index contributed by atoms with van der Waals surface area (Å²) in [5.41, 5.74) is 2.52. The van der Waals surface area contributed by atoms with Crippen molar-refractivity contribution in [2.75, 3.05) is 64.6 Å². The third kappa shape index (κ3) is 4.77. The summed E-state index contributed by atoms with van der Waals surface area (Å²) in [5, 5.41) is 3.51. The molecule has 0 radical (unpaired) electrons. The van der Waals surface area contributed by atoms with Crippen molar-refractivity contribution < 1.29 is 14.2 Å². The van der Waals surface area contributed by atoms with Crippen LogP contribution in [0.5, 0.6) is 0 Å². The zero-order chi connectivity index (χ0) is 19.2. The van der Waals surface area contributed by atoms with Gasteiger partial charge in [-0.05, 0) is 30.5 Å². The van der Waals surface area contributed by atoms with Gasteiger partial charge in [0.25, 0.3) is 0 Å². The second-order valence-corrected chi connectivity index (χ2v) is 7.57. The smallest absolute Gasteiger partial charge is 0.194 e. The molecule has 28 heavy (non-hydrogen) atoms. The lowest BCUT2D eigenvalue weighted by atomic mass is 10.1. The highest BCUT2D eigenvalue weighted by molar-refractivity contribution is 5.80. The van der Waals surface area contributed by atoms with Crippen LogP contribution in [0.25, 0.3) is 0 Å². The Balaban J connectivity index is 1.30. The van der Waals surface area contributed by atoms with Crippen LogP contribution in [-0.2, 0) is 20.8 Å². The number of rotatable bonds is 4. The number of hydrogen-bond acceptors (Lipinski definition) is 5. The molecule has 0 aliphatic carbocycles. The number of benzene rings is 1. The normalized spacial score (nSPS) is 26.5. The molecule has 0 spiro atoms. The topological polar surface area (TPSA) is 58.6 Å². The van der Waals surface area contributed by atoms with Crippen LogP contribution in [-0.4, -0.2) is 82.7 Å². The first-order valence-electron chi connectivity index (χ1n) is 10.4. The molecule has 3 aliphatic heterocycles. The summed E-state index contributed by atoms with van der Waals surface area (Å²) in [4.78, 5) is 9.16. The molecule has 4 rings (SSSR count). The van der Waals surface area contributed by atoms with E-state index in [0.717, 1.165) is 78.0 Å². The van der Waals surface area contributed by atoms with E-state index in [1.54, 1.807) is 0 Å². The molecule has 3 aliphatic rings. The minimum atomic E-state index is 0.141. The van der Waals surface area contributed by atoms with Gasteiger partial charge >= 0.3 is 0 Å². The predicted molar refractivity (Wildman–Crippen MR) is 110 cm³/mol. The Kier molecular flexibility index (Phi) is 6.67. The Morgan fingerprint density at radius 3 is 2.54 bits per heavy atom. The number of nitrogens with one attached hydrogen (secondary N) is 1. The van der Waals surface area contributed by atoms with Crippen LogP contribution in [0, 0.1) is 0 Å². The SMILES string of the molecule is CN=C(NCc1ccc(N2CCOCC2)cc1)N1CCOC(C2CCCO2)C1. The number of aliphatic imine (C=N–C) groups is 1. The van der Waals surface area contributed by atoms with Gasteiger partial charge in [0.15, 0.2) is 5.96 Å². The van der Waals surface area contributed by atoms with Crippen LogP contribution in [0.2, 0.25) is 0 Å². The molecule has 7 heteroatoms. The molecule has 3 saturated heterocycles. The maximum atomic E-state index is 5.96. The van der Waals surface area contributed by atoms with E-state index in [-0.39, 0.29) is 12.2 Å². The zero-order valence-corrected chi connectivity index (χ0v) is 16.8. The molecule has 3 fully saturated rings. The van der Waals surface area contributed by atoms with E-state index in [1.165, 1.54) is 11.3 Å². The first kappa shape index (κ1) is 19.5. The minimum absolute atomic E-state index is 0.141. The highest BCUT2D eigenvalue weighted by atomic mass is 16.5. The van der Waals surface area contributed by atoms with E-state index >= 15 is 0 Å². The third-order valence-electron chi connectivity index (χ3n) is 5.75. The van der Waals surface area contributed by atoms with Gasteiger partial charge in [-0.1, -0.05) is 12.1 Å². The molecule has 2 atom stereocenters. The van der Waals surface area contributed by atoms with Gasteiger partial charge in [-0.25, -0.2) is 0 Å². The van der Waals surface area contributed by atoms with Gasteiger partial charge in [0, 0.05) is 52.1 Å². The van der Waals surface area contributed by atoms with E-state index in [0.29, 0.717) is 0 Å². The van der Waals surface area contributed by atoms with E-state index in [9.17, 15) is 0 Å². The van der Waals surface area contributed by atoms with Gasteiger partial charge in [-0.15, -0.1) is 0 Å². The van der Waals surface area contributed by atoms with E-state index < -0.39 is 0 Å². The van der Waals surface area contributed by atoms with Crippen LogP contribution >= 0.6 is 0 Å². The first-order chi connectivity index (χ1) is 13.8. The highest BCUT2D eigenvalue weighted by Gasteiger charge is 2.32. The van der Waals surface area contributed by atoms with E-state index in [2.05, 4.69) is 44.4 Å². The number of hydrogen-bond donors (Lipinski definition) is 1. The molecule has 0 bridgehead atoms. The highest BCUT2D eigenvalue weighted by Crippen LogP contribution is 2.21. The Morgan fingerprint density at radius 2 is 1.82 bits per heavy atom. The largest absolute Gasteiger partial charge is 0.378 e. The van der Waals surface area contributed by atoms with Gasteiger partial charge in [-0.2, -0.15) is 0 Å². The fourth-order valence-electron chi connectivity index (χ4n) is 4.15. The first-order valence-corrected chi connectivity index (χ1v) is 10.4. The Hall–Kier alpha value is -1.83. The Morgan fingerprint density at radius 1 is 1.04 bits per heavy atom. The van der Waals surface area contributed by atoms with Crippen LogP contribution in [0.1, 0.15) is 18.4 Å². The second kappa shape index (κ2) is 9.58. The second-order valence-electron chi connectivity index (χ2n) is 7.57. The molecule has 1 N–H and O–H groups in total.